The number of anilines is 1. The lowest BCUT2D eigenvalue weighted by atomic mass is 10.0. The SMILES string of the molecule is CS(=O)(=O)OCC(=O)N1CCC(Nc2ncnc3[nH]cc(C(=O)c4ccc(Oc5ccccc5)cc4Cl)c23)C1. The maximum absolute atomic E-state index is 13.6. The van der Waals surface area contributed by atoms with Crippen LogP contribution in [0.3, 0.4) is 0 Å². The zero-order valence-electron chi connectivity index (χ0n) is 20.8. The molecule has 0 saturated carbocycles. The van der Waals surface area contributed by atoms with Gasteiger partial charge in [0.25, 0.3) is 10.1 Å². The van der Waals surface area contributed by atoms with Crippen molar-refractivity contribution in [3.8, 4) is 11.5 Å². The van der Waals surface area contributed by atoms with E-state index < -0.39 is 22.6 Å². The number of ketones is 1. The maximum atomic E-state index is 13.6. The summed E-state index contributed by atoms with van der Waals surface area (Å²) in [6, 6.07) is 13.9. The number of nitrogens with zero attached hydrogens (tertiary/aromatic N) is 3. The molecule has 3 heterocycles. The Kier molecular flexibility index (Phi) is 7.51. The number of hydrogen-bond acceptors (Lipinski definition) is 9. The van der Waals surface area contributed by atoms with Crippen LogP contribution >= 0.6 is 11.6 Å². The van der Waals surface area contributed by atoms with Crippen molar-refractivity contribution in [3.63, 3.8) is 0 Å². The summed E-state index contributed by atoms with van der Waals surface area (Å²) in [5, 5.41) is 4.02. The average Bonchev–Trinajstić information content (AvgIpc) is 3.55. The van der Waals surface area contributed by atoms with E-state index in [2.05, 4.69) is 24.5 Å². The summed E-state index contributed by atoms with van der Waals surface area (Å²) in [5.41, 5.74) is 1.08. The Morgan fingerprint density at radius 1 is 1.13 bits per heavy atom. The van der Waals surface area contributed by atoms with Gasteiger partial charge in [0, 0.05) is 37.0 Å². The first-order valence-corrected chi connectivity index (χ1v) is 14.2. The molecule has 11 nitrogen and oxygen atoms in total. The Balaban J connectivity index is 1.33. The Hall–Kier alpha value is -4.00. The second-order valence-electron chi connectivity index (χ2n) is 8.97. The monoisotopic (exact) mass is 569 g/mol. The van der Waals surface area contributed by atoms with E-state index in [4.69, 9.17) is 16.3 Å². The number of aromatic amines is 1. The quantitative estimate of drug-likeness (QED) is 0.228. The molecule has 2 N–H and O–H groups in total. The minimum atomic E-state index is -3.72. The number of halogens is 1. The van der Waals surface area contributed by atoms with E-state index in [0.717, 1.165) is 6.26 Å². The van der Waals surface area contributed by atoms with Crippen LogP contribution in [0.2, 0.25) is 5.02 Å². The van der Waals surface area contributed by atoms with Gasteiger partial charge in [-0.3, -0.25) is 13.8 Å². The third-order valence-electron chi connectivity index (χ3n) is 6.16. The summed E-state index contributed by atoms with van der Waals surface area (Å²) in [5.74, 6) is 0.819. The van der Waals surface area contributed by atoms with Crippen molar-refractivity contribution >= 4 is 50.3 Å². The number of benzene rings is 2. The third-order valence-corrected chi connectivity index (χ3v) is 7.02. The summed E-state index contributed by atoms with van der Waals surface area (Å²) < 4.78 is 32.8. The van der Waals surface area contributed by atoms with Gasteiger partial charge in [0.05, 0.1) is 22.2 Å². The van der Waals surface area contributed by atoms with Crippen LogP contribution in [-0.2, 0) is 19.1 Å². The first kappa shape index (κ1) is 26.6. The number of H-pyrrole nitrogens is 1. The van der Waals surface area contributed by atoms with Gasteiger partial charge in [0.2, 0.25) is 5.91 Å². The highest BCUT2D eigenvalue weighted by atomic mass is 35.5. The molecule has 1 aliphatic heterocycles. The van der Waals surface area contributed by atoms with Crippen molar-refractivity contribution < 1.29 is 26.9 Å². The Morgan fingerprint density at radius 2 is 1.92 bits per heavy atom. The molecule has 39 heavy (non-hydrogen) atoms. The molecule has 13 heteroatoms. The largest absolute Gasteiger partial charge is 0.457 e. The number of aromatic nitrogens is 3. The van der Waals surface area contributed by atoms with E-state index in [1.54, 1.807) is 24.4 Å². The second-order valence-corrected chi connectivity index (χ2v) is 11.0. The van der Waals surface area contributed by atoms with Gasteiger partial charge in [-0.05, 0) is 30.7 Å². The fraction of sp³-hybridized carbons (Fsp3) is 0.231. The lowest BCUT2D eigenvalue weighted by Crippen LogP contribution is -2.34. The van der Waals surface area contributed by atoms with E-state index in [9.17, 15) is 18.0 Å². The first-order valence-electron chi connectivity index (χ1n) is 12.0. The van der Waals surface area contributed by atoms with Crippen LogP contribution in [0.4, 0.5) is 5.82 Å². The van der Waals surface area contributed by atoms with Gasteiger partial charge in [0.1, 0.15) is 35.9 Å². The van der Waals surface area contributed by atoms with Crippen molar-refractivity contribution in [3.05, 3.63) is 77.2 Å². The van der Waals surface area contributed by atoms with E-state index in [-0.39, 0.29) is 22.4 Å². The fourth-order valence-electron chi connectivity index (χ4n) is 4.31. The summed E-state index contributed by atoms with van der Waals surface area (Å²) in [6.45, 7) is 0.194. The van der Waals surface area contributed by atoms with E-state index in [1.807, 2.05) is 30.3 Å². The summed E-state index contributed by atoms with van der Waals surface area (Å²) >= 11 is 6.49. The van der Waals surface area contributed by atoms with Gasteiger partial charge in [-0.15, -0.1) is 0 Å². The molecule has 1 fully saturated rings. The smallest absolute Gasteiger partial charge is 0.264 e. The molecule has 0 aliphatic carbocycles. The topological polar surface area (TPSA) is 144 Å². The van der Waals surface area contributed by atoms with Crippen LogP contribution in [0.5, 0.6) is 11.5 Å². The van der Waals surface area contributed by atoms with Crippen molar-refractivity contribution in [1.82, 2.24) is 19.9 Å². The second kappa shape index (κ2) is 11.0. The lowest BCUT2D eigenvalue weighted by Gasteiger charge is -2.17. The number of rotatable bonds is 9. The van der Waals surface area contributed by atoms with Crippen LogP contribution in [-0.4, -0.2) is 72.0 Å². The number of nitrogens with one attached hydrogen (secondary N) is 2. The fourth-order valence-corrected chi connectivity index (χ4v) is 4.88. The normalized spacial score (nSPS) is 15.4. The average molecular weight is 570 g/mol. The molecule has 5 rings (SSSR count). The molecule has 1 unspecified atom stereocenters. The highest BCUT2D eigenvalue weighted by molar-refractivity contribution is 7.86. The minimum absolute atomic E-state index is 0.179. The van der Waals surface area contributed by atoms with E-state index in [0.29, 0.717) is 53.4 Å². The Labute approximate surface area is 229 Å². The summed E-state index contributed by atoms with van der Waals surface area (Å²) in [7, 11) is -3.72. The molecule has 4 aromatic rings. The molecule has 1 aliphatic rings. The van der Waals surface area contributed by atoms with E-state index >= 15 is 0 Å². The number of para-hydroxylation sites is 1. The van der Waals surface area contributed by atoms with Crippen LogP contribution in [0.25, 0.3) is 11.0 Å². The summed E-state index contributed by atoms with van der Waals surface area (Å²) in [6.07, 6.45) is 4.42. The van der Waals surface area contributed by atoms with Crippen LogP contribution < -0.4 is 10.1 Å². The number of carbonyl (C=O) groups excluding carboxylic acids is 2. The molecular formula is C26H24ClN5O6S. The Morgan fingerprint density at radius 3 is 2.67 bits per heavy atom. The highest BCUT2D eigenvalue weighted by Crippen LogP contribution is 2.31. The standard InChI is InChI=1S/C26H24ClN5O6S/c1-39(35,36)37-14-22(33)32-10-9-16(13-32)31-26-23-20(12-28-25(23)29-15-30-26)24(34)19-8-7-18(11-21(19)27)38-17-5-3-2-4-6-17/h2-8,11-12,15-16H,9-10,13-14H2,1H3,(H2,28,29,30,31). The molecule has 1 saturated heterocycles. The van der Waals surface area contributed by atoms with Crippen molar-refractivity contribution in [2.75, 3.05) is 31.3 Å². The Bertz CT molecular complexity index is 1640. The number of fused-ring (bicyclic) bond motifs is 1. The number of carbonyl (C=O) groups is 2. The van der Waals surface area contributed by atoms with Gasteiger partial charge in [-0.25, -0.2) is 9.97 Å². The maximum Gasteiger partial charge on any atom is 0.264 e. The molecule has 1 amide bonds. The molecule has 202 valence electrons. The molecule has 2 aromatic heterocycles. The van der Waals surface area contributed by atoms with Crippen LogP contribution in [0.1, 0.15) is 22.3 Å². The first-order chi connectivity index (χ1) is 18.7. The minimum Gasteiger partial charge on any atom is -0.457 e. The van der Waals surface area contributed by atoms with Gasteiger partial charge in [-0.1, -0.05) is 29.8 Å². The van der Waals surface area contributed by atoms with Crippen molar-refractivity contribution in [2.24, 2.45) is 0 Å². The molecular weight excluding hydrogens is 546 g/mol. The summed E-state index contributed by atoms with van der Waals surface area (Å²) in [4.78, 5) is 39.0. The van der Waals surface area contributed by atoms with Gasteiger partial charge >= 0.3 is 0 Å². The molecule has 0 spiro atoms. The predicted molar refractivity (Wildman–Crippen MR) is 145 cm³/mol. The van der Waals surface area contributed by atoms with Crippen LogP contribution in [0.15, 0.2) is 61.1 Å². The van der Waals surface area contributed by atoms with Crippen LogP contribution in [0, 0.1) is 0 Å². The van der Waals surface area contributed by atoms with Gasteiger partial charge < -0.3 is 19.9 Å². The van der Waals surface area contributed by atoms with Gasteiger partial charge in [-0.2, -0.15) is 8.42 Å². The zero-order valence-corrected chi connectivity index (χ0v) is 22.3. The number of likely N-dealkylation sites (tertiary alicyclic amines) is 1. The van der Waals surface area contributed by atoms with Gasteiger partial charge in [0.15, 0.2) is 5.78 Å². The zero-order chi connectivity index (χ0) is 27.6. The number of ether oxygens (including phenoxy) is 1. The molecule has 2 aromatic carbocycles. The van der Waals surface area contributed by atoms with E-state index in [1.165, 1.54) is 11.2 Å². The molecule has 1 atom stereocenters. The lowest BCUT2D eigenvalue weighted by molar-refractivity contribution is -0.132. The molecule has 0 bridgehead atoms. The number of amides is 1. The molecule has 0 radical (unpaired) electrons. The van der Waals surface area contributed by atoms with Crippen molar-refractivity contribution in [2.45, 2.75) is 12.5 Å². The van der Waals surface area contributed by atoms with Crippen molar-refractivity contribution in [1.29, 1.82) is 0 Å². The highest BCUT2D eigenvalue weighted by Gasteiger charge is 2.28. The predicted octanol–water partition coefficient (Wildman–Crippen LogP) is 3.62. The number of hydrogen-bond donors (Lipinski definition) is 2. The third kappa shape index (κ3) is 6.19.